The minimum absolute atomic E-state index is 0.0250. The monoisotopic (exact) mass is 852 g/mol. The minimum Gasteiger partial charge on any atom is -0.497 e. The molecule has 0 unspecified atom stereocenters. The van der Waals surface area contributed by atoms with Crippen molar-refractivity contribution in [2.45, 2.75) is 121 Å². The van der Waals surface area contributed by atoms with E-state index in [1.165, 1.54) is 4.90 Å². The van der Waals surface area contributed by atoms with E-state index < -0.39 is 73.8 Å². The van der Waals surface area contributed by atoms with E-state index in [-0.39, 0.29) is 31.2 Å². The van der Waals surface area contributed by atoms with Crippen molar-refractivity contribution < 1.29 is 46.5 Å². The van der Waals surface area contributed by atoms with Crippen molar-refractivity contribution in [1.82, 2.24) is 25.2 Å². The smallest absolute Gasteiger partial charge is 0.408 e. The summed E-state index contributed by atoms with van der Waals surface area (Å²) in [4.78, 5) is 65.5. The maximum atomic E-state index is 15.0. The number of pyridine rings is 1. The Bertz CT molecular complexity index is 2130. The van der Waals surface area contributed by atoms with Crippen molar-refractivity contribution in [3.05, 3.63) is 36.4 Å². The molecule has 4 amide bonds. The second-order valence-electron chi connectivity index (χ2n) is 18.6. The lowest BCUT2D eigenvalue weighted by molar-refractivity contribution is -0.142. The zero-order chi connectivity index (χ0) is 43.2. The van der Waals surface area contributed by atoms with Crippen LogP contribution in [0.1, 0.15) is 86.5 Å². The number of carbonyl (C=O) groups is 4. The highest BCUT2D eigenvalue weighted by molar-refractivity contribution is 7.91. The fourth-order valence-corrected chi connectivity index (χ4v) is 9.86. The van der Waals surface area contributed by atoms with Gasteiger partial charge in [-0.05, 0) is 108 Å². The molecule has 1 aromatic heterocycles. The Morgan fingerprint density at radius 3 is 2.48 bits per heavy atom. The number of ether oxygens (including phenoxy) is 4. The molecule has 0 bridgehead atoms. The molecule has 16 nitrogen and oxygen atoms in total. The van der Waals surface area contributed by atoms with Crippen LogP contribution in [0.25, 0.3) is 10.8 Å². The fourth-order valence-electron chi connectivity index (χ4n) is 8.55. The van der Waals surface area contributed by atoms with E-state index in [1.54, 1.807) is 34.8 Å². The third-order valence-corrected chi connectivity index (χ3v) is 14.7. The van der Waals surface area contributed by atoms with Crippen LogP contribution in [0.15, 0.2) is 36.4 Å². The number of hydrogen-bond donors (Lipinski definition) is 3. The van der Waals surface area contributed by atoms with E-state index in [0.29, 0.717) is 74.8 Å². The van der Waals surface area contributed by atoms with Gasteiger partial charge in [0.15, 0.2) is 0 Å². The van der Waals surface area contributed by atoms with Gasteiger partial charge in [-0.3, -0.25) is 19.1 Å². The number of hydrogen-bond acceptors (Lipinski definition) is 12. The Morgan fingerprint density at radius 1 is 1.07 bits per heavy atom. The summed E-state index contributed by atoms with van der Waals surface area (Å²) in [5.41, 5.74) is -2.38. The van der Waals surface area contributed by atoms with Crippen molar-refractivity contribution in [1.29, 1.82) is 0 Å². The summed E-state index contributed by atoms with van der Waals surface area (Å²) < 4.78 is 51.3. The number of methoxy groups -OCH3 is 1. The van der Waals surface area contributed by atoms with Crippen LogP contribution in [0, 0.1) is 17.8 Å². The van der Waals surface area contributed by atoms with Crippen molar-refractivity contribution in [3.63, 3.8) is 0 Å². The Hall–Kier alpha value is -4.64. The predicted molar refractivity (Wildman–Crippen MR) is 224 cm³/mol. The van der Waals surface area contributed by atoms with Crippen molar-refractivity contribution in [2.75, 3.05) is 44.9 Å². The van der Waals surface area contributed by atoms with Gasteiger partial charge in [0.25, 0.3) is 5.91 Å². The van der Waals surface area contributed by atoms with Crippen LogP contribution < -0.4 is 29.7 Å². The first-order chi connectivity index (χ1) is 28.3. The van der Waals surface area contributed by atoms with Crippen molar-refractivity contribution in [2.24, 2.45) is 17.8 Å². The second-order valence-corrected chi connectivity index (χ2v) is 20.8. The van der Waals surface area contributed by atoms with Crippen LogP contribution in [-0.2, 0) is 33.9 Å². The van der Waals surface area contributed by atoms with Crippen LogP contribution in [0.3, 0.4) is 0 Å². The number of allylic oxidation sites excluding steroid dienone is 1. The maximum absolute atomic E-state index is 15.0. The van der Waals surface area contributed by atoms with Gasteiger partial charge in [0, 0.05) is 30.8 Å². The molecule has 4 heterocycles. The van der Waals surface area contributed by atoms with E-state index in [1.807, 2.05) is 43.3 Å². The van der Waals surface area contributed by atoms with E-state index in [9.17, 15) is 27.6 Å². The van der Waals surface area contributed by atoms with Crippen LogP contribution in [0.4, 0.5) is 10.6 Å². The molecular weight excluding hydrogens is 793 g/mol. The van der Waals surface area contributed by atoms with Gasteiger partial charge in [-0.25, -0.2) is 13.2 Å². The predicted octanol–water partition coefficient (Wildman–Crippen LogP) is 4.21. The van der Waals surface area contributed by atoms with Gasteiger partial charge >= 0.3 is 6.09 Å². The molecule has 1 aromatic carbocycles. The molecule has 0 radical (unpaired) electrons. The Labute approximate surface area is 352 Å². The average Bonchev–Trinajstić information content (AvgIpc) is 4.07. The average molecular weight is 853 g/mol. The topological polar surface area (TPSA) is 195 Å². The van der Waals surface area contributed by atoms with Crippen molar-refractivity contribution >= 4 is 50.4 Å². The van der Waals surface area contributed by atoms with Gasteiger partial charge in [0.05, 0.1) is 31.6 Å². The number of aromatic nitrogens is 1. The van der Waals surface area contributed by atoms with Gasteiger partial charge in [-0.15, -0.1) is 0 Å². The lowest BCUT2D eigenvalue weighted by Crippen LogP contribution is -2.59. The summed E-state index contributed by atoms with van der Waals surface area (Å²) in [6.07, 6.45) is 5.44. The molecule has 4 fully saturated rings. The van der Waals surface area contributed by atoms with Gasteiger partial charge in [0.1, 0.15) is 40.9 Å². The van der Waals surface area contributed by atoms with E-state index in [2.05, 4.69) is 27.2 Å². The van der Waals surface area contributed by atoms with Gasteiger partial charge in [-0.2, -0.15) is 4.98 Å². The fraction of sp³-hybridized carbons (Fsp3) is 0.651. The number of carbonyl (C=O) groups excluding carboxylic acids is 4. The number of nitrogens with one attached hydrogen (secondary N) is 3. The van der Waals surface area contributed by atoms with E-state index in [4.69, 9.17) is 23.9 Å². The SMILES string of the molecule is COc1ccc2c(O[C@@H]3C[C@H]4C(=O)N[C@]5(C(=O)NS(=O)(=O)C6(C)CC6)C[C@H]5/C=C\CC[C@H](C)C[C@@H](C)[C@H](NC(=O)OC(C)(C)C)C(=O)N4C3)nc(N3CCOCC3)cc2c1. The third kappa shape index (κ3) is 9.31. The number of amides is 4. The summed E-state index contributed by atoms with van der Waals surface area (Å²) in [6.45, 7) is 13.1. The molecule has 2 aliphatic carbocycles. The van der Waals surface area contributed by atoms with Crippen LogP contribution in [0.2, 0.25) is 0 Å². The molecule has 60 heavy (non-hydrogen) atoms. The molecule has 2 saturated heterocycles. The molecule has 17 heteroatoms. The first-order valence-electron chi connectivity index (χ1n) is 21.1. The summed E-state index contributed by atoms with van der Waals surface area (Å²) in [6, 6.07) is 5.31. The number of morpholine rings is 1. The highest BCUT2D eigenvalue weighted by Crippen LogP contribution is 2.48. The van der Waals surface area contributed by atoms with Gasteiger partial charge in [0.2, 0.25) is 27.7 Å². The normalized spacial score (nSPS) is 30.1. The number of anilines is 1. The molecular formula is C43H60N6O10S. The highest BCUT2D eigenvalue weighted by atomic mass is 32.2. The lowest BCUT2D eigenvalue weighted by Gasteiger charge is -2.33. The molecule has 2 saturated carbocycles. The molecule has 3 N–H and O–H groups in total. The molecule has 0 spiro atoms. The Balaban J connectivity index is 1.25. The quantitative estimate of drug-likeness (QED) is 0.321. The molecule has 328 valence electrons. The summed E-state index contributed by atoms with van der Waals surface area (Å²) >= 11 is 0. The second kappa shape index (κ2) is 16.7. The highest BCUT2D eigenvalue weighted by Gasteiger charge is 2.63. The maximum Gasteiger partial charge on any atom is 0.408 e. The third-order valence-electron chi connectivity index (χ3n) is 12.5. The van der Waals surface area contributed by atoms with E-state index >= 15 is 0 Å². The van der Waals surface area contributed by atoms with E-state index in [0.717, 1.165) is 11.8 Å². The summed E-state index contributed by atoms with van der Waals surface area (Å²) in [7, 11) is -2.42. The number of fused-ring (bicyclic) bond motifs is 3. The first kappa shape index (κ1) is 43.4. The number of benzene rings is 1. The summed E-state index contributed by atoms with van der Waals surface area (Å²) in [5.74, 6) is -0.972. The minimum atomic E-state index is -4.02. The number of sulfonamides is 1. The molecule has 7 rings (SSSR count). The number of alkyl carbamates (subject to hydrolysis) is 1. The Kier molecular flexibility index (Phi) is 12.1. The standard InChI is InChI=1S/C43H60N6O10S/c1-26-10-8-9-11-29-24-43(29,39(52)47-60(54,55)42(6)14-15-42)46-36(50)33-23-31(25-49(33)38(51)35(27(2)20-26)45-40(53)59-41(3,4)5)58-37-32-13-12-30(56-7)21-28(32)22-34(44-37)48-16-18-57-19-17-48/h9,11-13,21-22,26-27,29,31,33,35H,8,10,14-20,23-25H2,1-7H3,(H,45,53)(H,46,50)(H,47,52)/b11-9-/t26-,27+,29+,31+,33-,35-,43+/m0/s1. The van der Waals surface area contributed by atoms with Gasteiger partial charge < -0.3 is 39.4 Å². The molecule has 5 aliphatic rings. The zero-order valence-corrected chi connectivity index (χ0v) is 36.6. The molecule has 7 atom stereocenters. The van der Waals surface area contributed by atoms with Crippen LogP contribution >= 0.6 is 0 Å². The molecule has 3 aliphatic heterocycles. The summed E-state index contributed by atoms with van der Waals surface area (Å²) in [5, 5.41) is 7.29. The number of rotatable bonds is 8. The molecule has 2 aromatic rings. The van der Waals surface area contributed by atoms with Crippen LogP contribution in [-0.4, -0.2) is 116 Å². The largest absolute Gasteiger partial charge is 0.497 e. The van der Waals surface area contributed by atoms with Gasteiger partial charge in [-0.1, -0.05) is 26.0 Å². The van der Waals surface area contributed by atoms with Crippen LogP contribution in [0.5, 0.6) is 11.6 Å². The zero-order valence-electron chi connectivity index (χ0n) is 35.7. The first-order valence-corrected chi connectivity index (χ1v) is 22.6. The van der Waals surface area contributed by atoms with Crippen molar-refractivity contribution in [3.8, 4) is 11.6 Å². The lowest BCUT2D eigenvalue weighted by atomic mass is 9.88. The Morgan fingerprint density at radius 2 is 1.80 bits per heavy atom. The number of nitrogens with zero attached hydrogens (tertiary/aromatic N) is 3.